The van der Waals surface area contributed by atoms with Crippen molar-refractivity contribution >= 4 is 15.9 Å². The summed E-state index contributed by atoms with van der Waals surface area (Å²) in [6, 6.07) is 4.73. The minimum Gasteiger partial charge on any atom is -0.0876 e. The van der Waals surface area contributed by atoms with Crippen LogP contribution in [0.1, 0.15) is 28.7 Å². The molecule has 0 bridgehead atoms. The molecule has 2 rings (SSSR count). The number of hydrogen-bond donors (Lipinski definition) is 0. The van der Waals surface area contributed by atoms with Crippen molar-refractivity contribution in [3.05, 3.63) is 34.4 Å². The van der Waals surface area contributed by atoms with Crippen molar-refractivity contribution < 1.29 is 0 Å². The van der Waals surface area contributed by atoms with Gasteiger partial charge in [0.25, 0.3) is 0 Å². The molecule has 1 aromatic carbocycles. The van der Waals surface area contributed by atoms with E-state index in [0.717, 1.165) is 5.33 Å². The van der Waals surface area contributed by atoms with Crippen molar-refractivity contribution in [2.24, 2.45) is 0 Å². The molecule has 0 amide bonds. The van der Waals surface area contributed by atoms with Crippen LogP contribution in [0.3, 0.4) is 0 Å². The van der Waals surface area contributed by atoms with Gasteiger partial charge in [-0.2, -0.15) is 0 Å². The monoisotopic (exact) mass is 224 g/mol. The van der Waals surface area contributed by atoms with Gasteiger partial charge in [0, 0.05) is 5.33 Å². The fourth-order valence-corrected chi connectivity index (χ4v) is 2.55. The molecule has 0 heterocycles. The van der Waals surface area contributed by atoms with Crippen molar-refractivity contribution in [2.75, 3.05) is 0 Å². The van der Waals surface area contributed by atoms with Gasteiger partial charge in [-0.3, -0.25) is 0 Å². The zero-order chi connectivity index (χ0) is 8.55. The Morgan fingerprint density at radius 3 is 2.58 bits per heavy atom. The summed E-state index contributed by atoms with van der Waals surface area (Å²) >= 11 is 3.52. The van der Waals surface area contributed by atoms with Crippen LogP contribution in [-0.4, -0.2) is 0 Å². The van der Waals surface area contributed by atoms with Crippen molar-refractivity contribution in [2.45, 2.75) is 31.5 Å². The highest BCUT2D eigenvalue weighted by Gasteiger charge is 2.11. The highest BCUT2D eigenvalue weighted by molar-refractivity contribution is 9.08. The molecule has 0 spiro atoms. The van der Waals surface area contributed by atoms with Gasteiger partial charge in [-0.25, -0.2) is 0 Å². The number of rotatable bonds is 1. The first kappa shape index (κ1) is 8.31. The molecular formula is C11H13Br. The molecule has 0 radical (unpaired) electrons. The van der Waals surface area contributed by atoms with Gasteiger partial charge in [-0.1, -0.05) is 28.1 Å². The van der Waals surface area contributed by atoms with Crippen LogP contribution in [0, 0.1) is 6.92 Å². The van der Waals surface area contributed by atoms with Gasteiger partial charge in [0.15, 0.2) is 0 Å². The molecule has 12 heavy (non-hydrogen) atoms. The first-order valence-electron chi connectivity index (χ1n) is 4.48. The Balaban J connectivity index is 2.49. The lowest BCUT2D eigenvalue weighted by Crippen LogP contribution is -1.90. The second kappa shape index (κ2) is 3.21. The number of benzene rings is 1. The molecule has 0 N–H and O–H groups in total. The lowest BCUT2D eigenvalue weighted by Gasteiger charge is -2.06. The van der Waals surface area contributed by atoms with Crippen LogP contribution in [-0.2, 0) is 18.2 Å². The van der Waals surface area contributed by atoms with E-state index in [-0.39, 0.29) is 0 Å². The van der Waals surface area contributed by atoms with Gasteiger partial charge in [0.05, 0.1) is 0 Å². The topological polar surface area (TPSA) is 0 Å². The molecule has 1 aliphatic carbocycles. The number of hydrogen-bond acceptors (Lipinski definition) is 0. The number of alkyl halides is 1. The predicted octanol–water partition coefficient (Wildman–Crippen LogP) is 3.38. The third kappa shape index (κ3) is 1.31. The molecule has 0 aliphatic heterocycles. The maximum absolute atomic E-state index is 3.52. The van der Waals surface area contributed by atoms with Gasteiger partial charge >= 0.3 is 0 Å². The third-order valence-corrected chi connectivity index (χ3v) is 3.30. The van der Waals surface area contributed by atoms with Crippen molar-refractivity contribution in [3.8, 4) is 0 Å². The minimum atomic E-state index is 0.992. The van der Waals surface area contributed by atoms with Crippen LogP contribution < -0.4 is 0 Å². The zero-order valence-corrected chi connectivity index (χ0v) is 8.95. The lowest BCUT2D eigenvalue weighted by atomic mass is 10.0. The summed E-state index contributed by atoms with van der Waals surface area (Å²) in [6.45, 7) is 2.20. The summed E-state index contributed by atoms with van der Waals surface area (Å²) in [5.41, 5.74) is 6.05. The Hall–Kier alpha value is -0.300. The van der Waals surface area contributed by atoms with Crippen LogP contribution in [0.4, 0.5) is 0 Å². The van der Waals surface area contributed by atoms with Gasteiger partial charge in [0.1, 0.15) is 0 Å². The second-order valence-electron chi connectivity index (χ2n) is 3.53. The maximum Gasteiger partial charge on any atom is 0.0285 e. The molecule has 0 fully saturated rings. The number of halogens is 1. The third-order valence-electron chi connectivity index (χ3n) is 2.69. The Morgan fingerprint density at radius 1 is 1.25 bits per heavy atom. The van der Waals surface area contributed by atoms with Crippen LogP contribution in [0.5, 0.6) is 0 Å². The Bertz CT molecular complexity index is 301. The molecule has 0 nitrogen and oxygen atoms in total. The van der Waals surface area contributed by atoms with Crippen molar-refractivity contribution in [3.63, 3.8) is 0 Å². The molecular weight excluding hydrogens is 212 g/mol. The maximum atomic E-state index is 3.52. The summed E-state index contributed by atoms with van der Waals surface area (Å²) in [5, 5.41) is 0.992. The standard InChI is InChI=1S/C11H13Br/c1-8-5-9-3-2-4-10(9)6-11(8)7-12/h5-6H,2-4,7H2,1H3. The average molecular weight is 225 g/mol. The molecule has 0 aromatic heterocycles. The highest BCUT2D eigenvalue weighted by Crippen LogP contribution is 2.26. The Kier molecular flexibility index (Phi) is 2.22. The molecule has 1 aromatic rings. The van der Waals surface area contributed by atoms with E-state index >= 15 is 0 Å². The molecule has 1 aliphatic rings. The molecule has 1 heteroatoms. The van der Waals surface area contributed by atoms with Gasteiger partial charge in [-0.05, 0) is 48.4 Å². The van der Waals surface area contributed by atoms with E-state index in [2.05, 4.69) is 35.0 Å². The fraction of sp³-hybridized carbons (Fsp3) is 0.455. The zero-order valence-electron chi connectivity index (χ0n) is 7.36. The van der Waals surface area contributed by atoms with E-state index in [9.17, 15) is 0 Å². The Labute approximate surface area is 82.1 Å². The molecule has 0 unspecified atom stereocenters. The molecule has 0 saturated heterocycles. The van der Waals surface area contributed by atoms with Crippen molar-refractivity contribution in [1.29, 1.82) is 0 Å². The molecule has 0 saturated carbocycles. The summed E-state index contributed by atoms with van der Waals surface area (Å²) in [5.74, 6) is 0. The SMILES string of the molecule is Cc1cc2c(cc1CBr)CCC2. The normalized spacial score (nSPS) is 14.8. The van der Waals surface area contributed by atoms with E-state index in [4.69, 9.17) is 0 Å². The van der Waals surface area contributed by atoms with E-state index in [1.807, 2.05) is 0 Å². The van der Waals surface area contributed by atoms with Crippen LogP contribution in [0.15, 0.2) is 12.1 Å². The summed E-state index contributed by atoms with van der Waals surface area (Å²) < 4.78 is 0. The van der Waals surface area contributed by atoms with Gasteiger partial charge in [-0.15, -0.1) is 0 Å². The smallest absolute Gasteiger partial charge is 0.0285 e. The van der Waals surface area contributed by atoms with Crippen LogP contribution in [0.2, 0.25) is 0 Å². The average Bonchev–Trinajstić information content (AvgIpc) is 2.49. The van der Waals surface area contributed by atoms with Crippen molar-refractivity contribution in [1.82, 2.24) is 0 Å². The number of fused-ring (bicyclic) bond motifs is 1. The lowest BCUT2D eigenvalue weighted by molar-refractivity contribution is 0.911. The highest BCUT2D eigenvalue weighted by atomic mass is 79.9. The minimum absolute atomic E-state index is 0.992. The van der Waals surface area contributed by atoms with E-state index in [0.29, 0.717) is 0 Å². The first-order valence-corrected chi connectivity index (χ1v) is 5.60. The summed E-state index contributed by atoms with van der Waals surface area (Å²) in [7, 11) is 0. The number of aryl methyl sites for hydroxylation is 3. The van der Waals surface area contributed by atoms with Gasteiger partial charge < -0.3 is 0 Å². The van der Waals surface area contributed by atoms with E-state index in [1.54, 1.807) is 11.1 Å². The van der Waals surface area contributed by atoms with E-state index in [1.165, 1.54) is 30.4 Å². The second-order valence-corrected chi connectivity index (χ2v) is 4.10. The summed E-state index contributed by atoms with van der Waals surface area (Å²) in [4.78, 5) is 0. The Morgan fingerprint density at radius 2 is 1.92 bits per heavy atom. The summed E-state index contributed by atoms with van der Waals surface area (Å²) in [6.07, 6.45) is 3.93. The molecule has 64 valence electrons. The first-order chi connectivity index (χ1) is 5.81. The van der Waals surface area contributed by atoms with Crippen LogP contribution in [0.25, 0.3) is 0 Å². The van der Waals surface area contributed by atoms with Gasteiger partial charge in [0.2, 0.25) is 0 Å². The quantitative estimate of drug-likeness (QED) is 0.642. The largest absolute Gasteiger partial charge is 0.0876 e. The predicted molar refractivity (Wildman–Crippen MR) is 55.8 cm³/mol. The fourth-order valence-electron chi connectivity index (χ4n) is 1.94. The van der Waals surface area contributed by atoms with Crippen LogP contribution >= 0.6 is 15.9 Å². The molecule has 0 atom stereocenters. The van der Waals surface area contributed by atoms with E-state index < -0.39 is 0 Å².